The minimum atomic E-state index is -0.815. The average Bonchev–Trinajstić information content (AvgIpc) is 3.26. The van der Waals surface area contributed by atoms with Crippen LogP contribution in [0.5, 0.6) is 0 Å². The van der Waals surface area contributed by atoms with Gasteiger partial charge < -0.3 is 9.64 Å². The fourth-order valence-corrected chi connectivity index (χ4v) is 4.33. The zero-order valence-corrected chi connectivity index (χ0v) is 14.3. The molecule has 3 aliphatic rings. The summed E-state index contributed by atoms with van der Waals surface area (Å²) in [7, 11) is 0. The maximum absolute atomic E-state index is 13.4. The topological polar surface area (TPSA) is 32.8 Å². The van der Waals surface area contributed by atoms with Crippen LogP contribution >= 0.6 is 0 Å². The van der Waals surface area contributed by atoms with E-state index in [2.05, 4.69) is 4.90 Å². The van der Waals surface area contributed by atoms with E-state index in [9.17, 15) is 13.6 Å². The van der Waals surface area contributed by atoms with E-state index in [1.165, 1.54) is 12.1 Å². The third-order valence-corrected chi connectivity index (χ3v) is 5.72. The van der Waals surface area contributed by atoms with Gasteiger partial charge in [-0.3, -0.25) is 9.69 Å². The summed E-state index contributed by atoms with van der Waals surface area (Å²) < 4.78 is 32.5. The van der Waals surface area contributed by atoms with Gasteiger partial charge in [0.1, 0.15) is 6.10 Å². The van der Waals surface area contributed by atoms with Crippen LogP contribution in [0.4, 0.5) is 8.78 Å². The second-order valence-electron chi connectivity index (χ2n) is 7.46. The van der Waals surface area contributed by atoms with E-state index in [1.54, 1.807) is 6.07 Å². The lowest BCUT2D eigenvalue weighted by Crippen LogP contribution is -2.42. The largest absolute Gasteiger partial charge is 0.364 e. The van der Waals surface area contributed by atoms with Crippen LogP contribution in [0.2, 0.25) is 0 Å². The molecule has 0 N–H and O–H groups in total. The summed E-state index contributed by atoms with van der Waals surface area (Å²) in [6.07, 6.45) is 3.75. The number of piperidine rings is 1. The molecule has 0 radical (unpaired) electrons. The summed E-state index contributed by atoms with van der Waals surface area (Å²) in [5.41, 5.74) is 0.764. The van der Waals surface area contributed by atoms with Crippen molar-refractivity contribution in [3.05, 3.63) is 35.4 Å². The zero-order chi connectivity index (χ0) is 17.4. The third kappa shape index (κ3) is 3.55. The van der Waals surface area contributed by atoms with Crippen molar-refractivity contribution in [1.29, 1.82) is 0 Å². The normalized spacial score (nSPS) is 29.8. The Balaban J connectivity index is 1.35. The van der Waals surface area contributed by atoms with Crippen molar-refractivity contribution in [1.82, 2.24) is 9.80 Å². The lowest BCUT2D eigenvalue weighted by atomic mass is 9.91. The van der Waals surface area contributed by atoms with Crippen LogP contribution in [0.3, 0.4) is 0 Å². The molecule has 0 bridgehead atoms. The highest BCUT2D eigenvalue weighted by molar-refractivity contribution is 5.81. The number of amides is 1. The lowest BCUT2D eigenvalue weighted by Gasteiger charge is -2.34. The highest BCUT2D eigenvalue weighted by Crippen LogP contribution is 2.34. The van der Waals surface area contributed by atoms with Gasteiger partial charge in [-0.25, -0.2) is 8.78 Å². The van der Waals surface area contributed by atoms with E-state index in [1.807, 2.05) is 4.90 Å². The molecule has 0 saturated carbocycles. The Hall–Kier alpha value is -1.53. The molecule has 0 spiro atoms. The van der Waals surface area contributed by atoms with Crippen molar-refractivity contribution >= 4 is 5.91 Å². The first-order valence-electron chi connectivity index (χ1n) is 9.20. The van der Waals surface area contributed by atoms with Crippen molar-refractivity contribution in [2.75, 3.05) is 26.2 Å². The fraction of sp³-hybridized carbons (Fsp3) is 0.632. The summed E-state index contributed by atoms with van der Waals surface area (Å²) in [6.45, 7) is 3.93. The number of hydrogen-bond acceptors (Lipinski definition) is 3. The molecule has 0 aromatic heterocycles. The van der Waals surface area contributed by atoms with E-state index in [4.69, 9.17) is 4.74 Å². The summed E-state index contributed by atoms with van der Waals surface area (Å²) in [5, 5.41) is 0. The summed E-state index contributed by atoms with van der Waals surface area (Å²) in [6, 6.07) is 4.06. The maximum Gasteiger partial charge on any atom is 0.251 e. The van der Waals surface area contributed by atoms with Gasteiger partial charge in [-0.05, 0) is 55.8 Å². The van der Waals surface area contributed by atoms with Crippen LogP contribution in [0.25, 0.3) is 0 Å². The molecule has 6 heteroatoms. The molecule has 1 aromatic carbocycles. The van der Waals surface area contributed by atoms with E-state index in [0.29, 0.717) is 12.5 Å². The predicted molar refractivity (Wildman–Crippen MR) is 88.8 cm³/mol. The second kappa shape index (κ2) is 7.00. The number of carbonyl (C=O) groups excluding carboxylic acids is 1. The first-order chi connectivity index (χ1) is 12.1. The van der Waals surface area contributed by atoms with E-state index in [-0.39, 0.29) is 18.1 Å². The Labute approximate surface area is 146 Å². The number of rotatable bonds is 3. The van der Waals surface area contributed by atoms with Crippen LogP contribution in [-0.4, -0.2) is 54.1 Å². The highest BCUT2D eigenvalue weighted by Gasteiger charge is 2.43. The molecule has 0 aliphatic carbocycles. The lowest BCUT2D eigenvalue weighted by molar-refractivity contribution is -0.142. The molecule has 4 nitrogen and oxygen atoms in total. The Bertz CT molecular complexity index is 648. The quantitative estimate of drug-likeness (QED) is 0.840. The van der Waals surface area contributed by atoms with Crippen molar-refractivity contribution in [3.8, 4) is 0 Å². The maximum atomic E-state index is 13.4. The van der Waals surface area contributed by atoms with Crippen molar-refractivity contribution in [2.45, 2.75) is 44.4 Å². The zero-order valence-electron chi connectivity index (χ0n) is 14.3. The van der Waals surface area contributed by atoms with Gasteiger partial charge in [0.05, 0.1) is 6.10 Å². The Morgan fingerprint density at radius 3 is 2.72 bits per heavy atom. The number of ether oxygens (including phenoxy) is 1. The number of fused-ring (bicyclic) bond motifs is 1. The van der Waals surface area contributed by atoms with Crippen molar-refractivity contribution in [2.24, 2.45) is 5.92 Å². The van der Waals surface area contributed by atoms with Gasteiger partial charge in [0.2, 0.25) is 0 Å². The van der Waals surface area contributed by atoms with E-state index < -0.39 is 11.6 Å². The number of likely N-dealkylation sites (tertiary alicyclic amines) is 2. The van der Waals surface area contributed by atoms with E-state index in [0.717, 1.165) is 57.4 Å². The summed E-state index contributed by atoms with van der Waals surface area (Å²) >= 11 is 0. The molecule has 1 amide bonds. The number of halogens is 2. The van der Waals surface area contributed by atoms with Gasteiger partial charge in [0.25, 0.3) is 5.91 Å². The molecule has 1 aromatic rings. The van der Waals surface area contributed by atoms with Gasteiger partial charge in [0, 0.05) is 26.2 Å². The molecule has 136 valence electrons. The van der Waals surface area contributed by atoms with Gasteiger partial charge in [-0.15, -0.1) is 0 Å². The van der Waals surface area contributed by atoms with Crippen LogP contribution in [0.15, 0.2) is 18.2 Å². The highest BCUT2D eigenvalue weighted by atomic mass is 19.2. The van der Waals surface area contributed by atoms with Crippen LogP contribution < -0.4 is 0 Å². The molecule has 3 heterocycles. The third-order valence-electron chi connectivity index (χ3n) is 5.72. The predicted octanol–water partition coefficient (Wildman–Crippen LogP) is 2.57. The first kappa shape index (κ1) is 16.9. The Morgan fingerprint density at radius 1 is 1.16 bits per heavy atom. The minimum Gasteiger partial charge on any atom is -0.364 e. The van der Waals surface area contributed by atoms with Crippen LogP contribution in [-0.2, 0) is 16.1 Å². The monoisotopic (exact) mass is 350 g/mol. The SMILES string of the molecule is O=C([C@@H]1C[C@H]2CCN(Cc3ccc(F)c(F)c3)C[C@H]2O1)N1CCCC1. The van der Waals surface area contributed by atoms with Crippen LogP contribution in [0, 0.1) is 17.6 Å². The molecule has 3 aliphatic heterocycles. The van der Waals surface area contributed by atoms with Crippen molar-refractivity contribution < 1.29 is 18.3 Å². The van der Waals surface area contributed by atoms with Gasteiger partial charge >= 0.3 is 0 Å². The van der Waals surface area contributed by atoms with Gasteiger partial charge in [-0.1, -0.05) is 6.07 Å². The molecule has 25 heavy (non-hydrogen) atoms. The summed E-state index contributed by atoms with van der Waals surface area (Å²) in [5.74, 6) is -1.04. The number of nitrogens with zero attached hydrogens (tertiary/aromatic N) is 2. The van der Waals surface area contributed by atoms with E-state index >= 15 is 0 Å². The Morgan fingerprint density at radius 2 is 1.96 bits per heavy atom. The number of hydrogen-bond donors (Lipinski definition) is 0. The van der Waals surface area contributed by atoms with Crippen LogP contribution in [0.1, 0.15) is 31.2 Å². The molecule has 4 rings (SSSR count). The number of benzene rings is 1. The molecular formula is C19H24F2N2O2. The van der Waals surface area contributed by atoms with Crippen molar-refractivity contribution in [3.63, 3.8) is 0 Å². The molecule has 3 fully saturated rings. The fourth-order valence-electron chi connectivity index (χ4n) is 4.33. The molecule has 0 unspecified atom stereocenters. The van der Waals surface area contributed by atoms with Gasteiger partial charge in [-0.2, -0.15) is 0 Å². The molecule has 3 atom stereocenters. The molecule has 3 saturated heterocycles. The summed E-state index contributed by atoms with van der Waals surface area (Å²) in [4.78, 5) is 16.7. The first-order valence-corrected chi connectivity index (χ1v) is 9.20. The smallest absolute Gasteiger partial charge is 0.251 e. The second-order valence-corrected chi connectivity index (χ2v) is 7.46. The minimum absolute atomic E-state index is 0.0654. The molecular weight excluding hydrogens is 326 g/mol. The number of carbonyl (C=O) groups is 1. The standard InChI is InChI=1S/C19H24F2N2O2/c20-15-4-3-13(9-16(15)21)11-22-8-5-14-10-17(25-18(14)12-22)19(24)23-6-1-2-7-23/h3-4,9,14,17-18H,1-2,5-8,10-12H2/t14-,17+,18-/m1/s1. The average molecular weight is 350 g/mol. The van der Waals surface area contributed by atoms with Gasteiger partial charge in [0.15, 0.2) is 11.6 Å². The Kier molecular flexibility index (Phi) is 4.73.